The molecule has 2 rings (SSSR count). The second kappa shape index (κ2) is 7.23. The number of carbonyl (C=O) groups is 2. The van der Waals surface area contributed by atoms with Gasteiger partial charge in [0, 0.05) is 5.02 Å². The van der Waals surface area contributed by atoms with E-state index in [0.29, 0.717) is 11.4 Å². The highest BCUT2D eigenvalue weighted by Gasteiger charge is 2.30. The third-order valence-electron chi connectivity index (χ3n) is 3.78. The minimum Gasteiger partial charge on any atom is -0.464 e. The number of nitrogens with zero attached hydrogens (tertiary/aromatic N) is 2. The highest BCUT2D eigenvalue weighted by molar-refractivity contribution is 6.67. The maximum atomic E-state index is 12.2. The molecule has 0 fully saturated rings. The van der Waals surface area contributed by atoms with Gasteiger partial charge < -0.3 is 10.5 Å². The molecule has 8 heteroatoms. The molecule has 1 atom stereocenters. The van der Waals surface area contributed by atoms with Gasteiger partial charge in [0.1, 0.15) is 0 Å². The fourth-order valence-electron chi connectivity index (χ4n) is 2.58. The first-order valence-corrected chi connectivity index (χ1v) is 7.99. The van der Waals surface area contributed by atoms with Crippen molar-refractivity contribution in [3.63, 3.8) is 0 Å². The molecule has 1 aromatic heterocycles. The summed E-state index contributed by atoms with van der Waals surface area (Å²) in [7, 11) is 1.21. The van der Waals surface area contributed by atoms with Gasteiger partial charge in [-0.2, -0.15) is 0 Å². The van der Waals surface area contributed by atoms with E-state index in [-0.39, 0.29) is 23.4 Å². The molecule has 0 spiro atoms. The van der Waals surface area contributed by atoms with E-state index >= 15 is 0 Å². The second-order valence-corrected chi connectivity index (χ2v) is 5.99. The predicted molar refractivity (Wildman–Crippen MR) is 92.8 cm³/mol. The Kier molecular flexibility index (Phi) is 5.51. The number of carbonyl (C=O) groups excluding carboxylic acids is 2. The van der Waals surface area contributed by atoms with Crippen LogP contribution in [0.4, 0.5) is 5.95 Å². The first kappa shape index (κ1) is 18.3. The van der Waals surface area contributed by atoms with Crippen LogP contribution in [-0.2, 0) is 4.74 Å². The Balaban J connectivity index is 2.69. The third-order valence-corrected chi connectivity index (χ3v) is 4.37. The number of halogens is 2. The Morgan fingerprint density at radius 2 is 2.08 bits per heavy atom. The van der Waals surface area contributed by atoms with Crippen molar-refractivity contribution in [1.29, 1.82) is 0 Å². The van der Waals surface area contributed by atoms with Crippen LogP contribution in [0.25, 0.3) is 0 Å². The SMILES string of the molecule is CCC(c1ccc(C)c(Cl)c1)n1c(N)nc(C(=O)Cl)c1C(=O)OC. The molecular weight excluding hydrogens is 353 g/mol. The lowest BCUT2D eigenvalue weighted by atomic mass is 10.0. The topological polar surface area (TPSA) is 87.2 Å². The maximum Gasteiger partial charge on any atom is 0.357 e. The predicted octanol–water partition coefficient (Wildman–Crippen LogP) is 3.59. The van der Waals surface area contributed by atoms with Crippen LogP contribution in [0.15, 0.2) is 18.2 Å². The zero-order chi connectivity index (χ0) is 18.0. The van der Waals surface area contributed by atoms with Gasteiger partial charge in [0.05, 0.1) is 13.2 Å². The van der Waals surface area contributed by atoms with E-state index in [9.17, 15) is 9.59 Å². The summed E-state index contributed by atoms with van der Waals surface area (Å²) in [5, 5.41) is -0.282. The van der Waals surface area contributed by atoms with Crippen molar-refractivity contribution in [2.75, 3.05) is 12.8 Å². The number of anilines is 1. The minimum absolute atomic E-state index is 0.00273. The van der Waals surface area contributed by atoms with Crippen molar-refractivity contribution in [2.24, 2.45) is 0 Å². The molecule has 0 amide bonds. The van der Waals surface area contributed by atoms with Gasteiger partial charge >= 0.3 is 5.97 Å². The van der Waals surface area contributed by atoms with E-state index in [4.69, 9.17) is 33.7 Å². The van der Waals surface area contributed by atoms with Crippen molar-refractivity contribution < 1.29 is 14.3 Å². The number of methoxy groups -OCH3 is 1. The van der Waals surface area contributed by atoms with Crippen LogP contribution >= 0.6 is 23.2 Å². The number of nitrogens with two attached hydrogens (primary N) is 1. The van der Waals surface area contributed by atoms with Crippen LogP contribution in [0.3, 0.4) is 0 Å². The lowest BCUT2D eigenvalue weighted by Gasteiger charge is -2.21. The summed E-state index contributed by atoms with van der Waals surface area (Å²) in [6, 6.07) is 5.21. The molecule has 0 aliphatic rings. The largest absolute Gasteiger partial charge is 0.464 e. The Morgan fingerprint density at radius 1 is 1.42 bits per heavy atom. The third kappa shape index (κ3) is 3.25. The van der Waals surface area contributed by atoms with Crippen LogP contribution in [0.1, 0.15) is 51.5 Å². The summed E-state index contributed by atoms with van der Waals surface area (Å²) in [6.45, 7) is 3.81. The molecule has 0 aliphatic carbocycles. The minimum atomic E-state index is -0.877. The van der Waals surface area contributed by atoms with Gasteiger partial charge in [-0.05, 0) is 42.1 Å². The van der Waals surface area contributed by atoms with Crippen LogP contribution in [-0.4, -0.2) is 27.9 Å². The molecular formula is C16H17Cl2N3O3. The van der Waals surface area contributed by atoms with Gasteiger partial charge in [-0.15, -0.1) is 0 Å². The fraction of sp³-hybridized carbons (Fsp3) is 0.312. The van der Waals surface area contributed by atoms with Crippen molar-refractivity contribution in [3.8, 4) is 0 Å². The molecule has 2 aromatic rings. The van der Waals surface area contributed by atoms with Crippen LogP contribution in [0.5, 0.6) is 0 Å². The Labute approximate surface area is 149 Å². The van der Waals surface area contributed by atoms with E-state index in [1.54, 1.807) is 6.07 Å². The van der Waals surface area contributed by atoms with Crippen molar-refractivity contribution in [1.82, 2.24) is 9.55 Å². The molecule has 1 aromatic carbocycles. The van der Waals surface area contributed by atoms with Crippen molar-refractivity contribution >= 4 is 40.4 Å². The number of rotatable bonds is 5. The van der Waals surface area contributed by atoms with E-state index in [0.717, 1.165) is 11.1 Å². The molecule has 0 bridgehead atoms. The van der Waals surface area contributed by atoms with Gasteiger partial charge in [0.2, 0.25) is 5.95 Å². The number of benzene rings is 1. The van der Waals surface area contributed by atoms with Gasteiger partial charge in [0.25, 0.3) is 5.24 Å². The number of imidazole rings is 1. The van der Waals surface area contributed by atoms with Gasteiger partial charge in [0.15, 0.2) is 11.4 Å². The highest BCUT2D eigenvalue weighted by atomic mass is 35.5. The molecule has 128 valence electrons. The number of hydrogen-bond acceptors (Lipinski definition) is 5. The van der Waals surface area contributed by atoms with Gasteiger partial charge in [-0.25, -0.2) is 9.78 Å². The first-order chi connectivity index (χ1) is 11.3. The monoisotopic (exact) mass is 369 g/mol. The highest BCUT2D eigenvalue weighted by Crippen LogP contribution is 2.31. The fourth-order valence-corrected chi connectivity index (χ4v) is 2.90. The molecule has 2 N–H and O–H groups in total. The summed E-state index contributed by atoms with van der Waals surface area (Å²) in [4.78, 5) is 27.7. The Morgan fingerprint density at radius 3 is 2.58 bits per heavy atom. The zero-order valence-electron chi connectivity index (χ0n) is 13.5. The molecule has 0 saturated carbocycles. The standard InChI is InChI=1S/C16H17Cl2N3O3/c1-4-11(9-6-5-8(2)10(17)7-9)21-13(15(23)24-3)12(14(18)22)20-16(21)19/h5-7,11H,4H2,1-3H3,(H2,19,20). The summed E-state index contributed by atoms with van der Waals surface area (Å²) < 4.78 is 6.22. The van der Waals surface area contributed by atoms with E-state index in [2.05, 4.69) is 4.98 Å². The lowest BCUT2D eigenvalue weighted by Crippen LogP contribution is -2.20. The van der Waals surface area contributed by atoms with Gasteiger partial charge in [-0.1, -0.05) is 30.7 Å². The van der Waals surface area contributed by atoms with Crippen molar-refractivity contribution in [2.45, 2.75) is 26.3 Å². The summed E-state index contributed by atoms with van der Waals surface area (Å²) in [5.41, 5.74) is 7.42. The number of ether oxygens (including phenoxy) is 1. The molecule has 0 radical (unpaired) electrons. The number of esters is 1. The first-order valence-electron chi connectivity index (χ1n) is 7.23. The molecule has 6 nitrogen and oxygen atoms in total. The van der Waals surface area contributed by atoms with E-state index < -0.39 is 11.2 Å². The molecule has 1 heterocycles. The normalized spacial score (nSPS) is 12.0. The van der Waals surface area contributed by atoms with Gasteiger partial charge in [-0.3, -0.25) is 9.36 Å². The quantitative estimate of drug-likeness (QED) is 0.642. The van der Waals surface area contributed by atoms with E-state index in [1.165, 1.54) is 11.7 Å². The average molecular weight is 370 g/mol. The summed E-state index contributed by atoms with van der Waals surface area (Å²) in [5.74, 6) is -0.734. The summed E-state index contributed by atoms with van der Waals surface area (Å²) in [6.07, 6.45) is 0.583. The van der Waals surface area contributed by atoms with Crippen LogP contribution in [0, 0.1) is 6.92 Å². The lowest BCUT2D eigenvalue weighted by molar-refractivity contribution is 0.0584. The Hall–Kier alpha value is -2.05. The van der Waals surface area contributed by atoms with Crippen molar-refractivity contribution in [3.05, 3.63) is 45.7 Å². The molecule has 0 aliphatic heterocycles. The number of nitrogen functional groups attached to an aromatic ring is 1. The molecule has 24 heavy (non-hydrogen) atoms. The Bertz CT molecular complexity index is 802. The maximum absolute atomic E-state index is 12.2. The average Bonchev–Trinajstić information content (AvgIpc) is 2.89. The number of hydrogen-bond donors (Lipinski definition) is 1. The molecule has 0 saturated heterocycles. The second-order valence-electron chi connectivity index (χ2n) is 5.24. The molecule has 1 unspecified atom stereocenters. The summed E-state index contributed by atoms with van der Waals surface area (Å²) >= 11 is 11.7. The number of aromatic nitrogens is 2. The van der Waals surface area contributed by atoms with Crippen LogP contribution in [0.2, 0.25) is 5.02 Å². The van der Waals surface area contributed by atoms with E-state index in [1.807, 2.05) is 26.0 Å². The number of aryl methyl sites for hydroxylation is 1. The van der Waals surface area contributed by atoms with Crippen LogP contribution < -0.4 is 5.73 Å². The zero-order valence-corrected chi connectivity index (χ0v) is 15.0. The smallest absolute Gasteiger partial charge is 0.357 e.